The molecular formula is C20H19Cl. The molecule has 0 bridgehead atoms. The minimum atomic E-state index is 0.462. The fourth-order valence-electron chi connectivity index (χ4n) is 3.16. The minimum Gasteiger partial charge on any atom is -0.0955 e. The molecule has 0 N–H and O–H groups in total. The zero-order chi connectivity index (χ0) is 15.0. The molecule has 0 aliphatic heterocycles. The van der Waals surface area contributed by atoms with Gasteiger partial charge in [0, 0.05) is 5.02 Å². The van der Waals surface area contributed by atoms with Crippen molar-refractivity contribution in [3.63, 3.8) is 0 Å². The van der Waals surface area contributed by atoms with Crippen molar-refractivity contribution in [3.8, 4) is 0 Å². The molecule has 1 heteroatoms. The maximum atomic E-state index is 6.40. The van der Waals surface area contributed by atoms with Gasteiger partial charge in [0.2, 0.25) is 0 Å². The summed E-state index contributed by atoms with van der Waals surface area (Å²) in [4.78, 5) is 0. The number of fused-ring (bicyclic) bond motifs is 1. The number of hydrogen-bond donors (Lipinski definition) is 0. The third-order valence-electron chi connectivity index (χ3n) is 4.28. The molecule has 0 radical (unpaired) electrons. The first-order valence-corrected chi connectivity index (χ1v) is 7.65. The fraction of sp³-hybridized carbons (Fsp3) is 0.200. The second-order valence-electron chi connectivity index (χ2n) is 5.89. The van der Waals surface area contributed by atoms with Crippen LogP contribution in [0.3, 0.4) is 0 Å². The Kier molecular flexibility index (Phi) is 3.73. The highest BCUT2D eigenvalue weighted by atomic mass is 35.5. The zero-order valence-electron chi connectivity index (χ0n) is 12.3. The highest BCUT2D eigenvalue weighted by Crippen LogP contribution is 2.39. The van der Waals surface area contributed by atoms with Gasteiger partial charge in [-0.3, -0.25) is 0 Å². The van der Waals surface area contributed by atoms with E-state index in [1.807, 2.05) is 6.92 Å². The Balaban J connectivity index is 1.94. The van der Waals surface area contributed by atoms with Crippen molar-refractivity contribution in [1.29, 1.82) is 0 Å². The van der Waals surface area contributed by atoms with Crippen molar-refractivity contribution in [2.24, 2.45) is 0 Å². The van der Waals surface area contributed by atoms with E-state index in [0.29, 0.717) is 5.92 Å². The predicted octanol–water partition coefficient (Wildman–Crippen LogP) is 6.12. The van der Waals surface area contributed by atoms with Crippen LogP contribution in [-0.4, -0.2) is 0 Å². The van der Waals surface area contributed by atoms with Gasteiger partial charge in [-0.15, -0.1) is 0 Å². The summed E-state index contributed by atoms with van der Waals surface area (Å²) < 4.78 is 0. The Labute approximate surface area is 131 Å². The van der Waals surface area contributed by atoms with Crippen LogP contribution >= 0.6 is 11.6 Å². The van der Waals surface area contributed by atoms with Gasteiger partial charge in [-0.2, -0.15) is 0 Å². The van der Waals surface area contributed by atoms with Crippen molar-refractivity contribution in [2.45, 2.75) is 25.7 Å². The van der Waals surface area contributed by atoms with E-state index in [-0.39, 0.29) is 0 Å². The Morgan fingerprint density at radius 1 is 1.14 bits per heavy atom. The lowest BCUT2D eigenvalue weighted by atomic mass is 9.78. The van der Waals surface area contributed by atoms with Gasteiger partial charge in [0.1, 0.15) is 0 Å². The highest BCUT2D eigenvalue weighted by molar-refractivity contribution is 6.32. The van der Waals surface area contributed by atoms with Crippen molar-refractivity contribution >= 4 is 22.7 Å². The van der Waals surface area contributed by atoms with Crippen LogP contribution in [0.15, 0.2) is 55.6 Å². The fourth-order valence-corrected chi connectivity index (χ4v) is 3.51. The Morgan fingerprint density at radius 3 is 2.62 bits per heavy atom. The molecule has 0 amide bonds. The van der Waals surface area contributed by atoms with E-state index in [9.17, 15) is 0 Å². The van der Waals surface area contributed by atoms with Crippen LogP contribution in [0.2, 0.25) is 5.02 Å². The van der Waals surface area contributed by atoms with Crippen LogP contribution in [0.4, 0.5) is 0 Å². The monoisotopic (exact) mass is 294 g/mol. The summed E-state index contributed by atoms with van der Waals surface area (Å²) in [7, 11) is 0. The molecule has 0 saturated heterocycles. The van der Waals surface area contributed by atoms with Crippen molar-refractivity contribution < 1.29 is 0 Å². The van der Waals surface area contributed by atoms with Crippen LogP contribution in [-0.2, 0) is 6.42 Å². The first-order valence-electron chi connectivity index (χ1n) is 7.27. The lowest BCUT2D eigenvalue weighted by Crippen LogP contribution is -2.11. The van der Waals surface area contributed by atoms with Gasteiger partial charge in [-0.05, 0) is 65.1 Å². The number of benzene rings is 2. The first kappa shape index (κ1) is 14.2. The normalized spacial score (nSPS) is 17.4. The summed E-state index contributed by atoms with van der Waals surface area (Å²) in [5, 5.41) is 0.796. The molecule has 0 aromatic heterocycles. The van der Waals surface area contributed by atoms with Gasteiger partial charge >= 0.3 is 0 Å². The SMILES string of the molecule is C=C(C)c1ccc(C2CC(=C)c3ccccc3C2)cc1Cl. The van der Waals surface area contributed by atoms with Crippen LogP contribution in [0.25, 0.3) is 11.1 Å². The molecule has 1 unspecified atom stereocenters. The second kappa shape index (κ2) is 5.54. The molecule has 0 fully saturated rings. The maximum absolute atomic E-state index is 6.40. The molecular weight excluding hydrogens is 276 g/mol. The third kappa shape index (κ3) is 2.69. The minimum absolute atomic E-state index is 0.462. The van der Waals surface area contributed by atoms with E-state index >= 15 is 0 Å². The number of hydrogen-bond acceptors (Lipinski definition) is 0. The molecule has 2 aromatic carbocycles. The average molecular weight is 295 g/mol. The van der Waals surface area contributed by atoms with Gasteiger partial charge in [0.15, 0.2) is 0 Å². The van der Waals surface area contributed by atoms with Gasteiger partial charge in [0.25, 0.3) is 0 Å². The summed E-state index contributed by atoms with van der Waals surface area (Å²) in [6.07, 6.45) is 2.05. The van der Waals surface area contributed by atoms with Crippen LogP contribution in [0.5, 0.6) is 0 Å². The number of allylic oxidation sites excluding steroid dienone is 2. The summed E-state index contributed by atoms with van der Waals surface area (Å²) in [5.41, 5.74) is 7.26. The molecule has 3 rings (SSSR count). The van der Waals surface area contributed by atoms with Gasteiger partial charge in [0.05, 0.1) is 0 Å². The van der Waals surface area contributed by atoms with Crippen LogP contribution < -0.4 is 0 Å². The smallest absolute Gasteiger partial charge is 0.0483 e. The summed E-state index contributed by atoms with van der Waals surface area (Å²) in [5.74, 6) is 0.462. The van der Waals surface area contributed by atoms with E-state index < -0.39 is 0 Å². The number of halogens is 1. The number of rotatable bonds is 2. The maximum Gasteiger partial charge on any atom is 0.0483 e. The molecule has 106 valence electrons. The standard InChI is InChI=1S/C20H19Cl/c1-13(2)18-9-8-15(12-20(18)21)17-10-14(3)19-7-5-4-6-16(19)11-17/h4-9,12,17H,1,3,10-11H2,2H3. The zero-order valence-corrected chi connectivity index (χ0v) is 13.1. The van der Waals surface area contributed by atoms with Gasteiger partial charge in [-0.25, -0.2) is 0 Å². The predicted molar refractivity (Wildman–Crippen MR) is 92.7 cm³/mol. The lowest BCUT2D eigenvalue weighted by molar-refractivity contribution is 0.684. The summed E-state index contributed by atoms with van der Waals surface area (Å²) in [6, 6.07) is 14.9. The first-order chi connectivity index (χ1) is 10.1. The second-order valence-corrected chi connectivity index (χ2v) is 6.29. The summed E-state index contributed by atoms with van der Waals surface area (Å²) in [6.45, 7) is 10.2. The lowest BCUT2D eigenvalue weighted by Gasteiger charge is -2.27. The molecule has 21 heavy (non-hydrogen) atoms. The van der Waals surface area contributed by atoms with E-state index in [0.717, 1.165) is 29.0 Å². The topological polar surface area (TPSA) is 0 Å². The molecule has 2 aromatic rings. The molecule has 1 aliphatic rings. The molecule has 1 atom stereocenters. The van der Waals surface area contributed by atoms with Crippen molar-refractivity contribution in [1.82, 2.24) is 0 Å². The van der Waals surface area contributed by atoms with E-state index in [2.05, 4.69) is 55.6 Å². The van der Waals surface area contributed by atoms with Crippen molar-refractivity contribution in [2.75, 3.05) is 0 Å². The third-order valence-corrected chi connectivity index (χ3v) is 4.59. The van der Waals surface area contributed by atoms with Crippen LogP contribution in [0, 0.1) is 0 Å². The molecule has 0 saturated carbocycles. The quantitative estimate of drug-likeness (QED) is 0.626. The molecule has 0 heterocycles. The van der Waals surface area contributed by atoms with E-state index in [4.69, 9.17) is 11.6 Å². The van der Waals surface area contributed by atoms with Gasteiger partial charge in [-0.1, -0.05) is 61.2 Å². The van der Waals surface area contributed by atoms with Gasteiger partial charge < -0.3 is 0 Å². The Bertz CT molecular complexity index is 724. The van der Waals surface area contributed by atoms with Crippen LogP contribution in [0.1, 0.15) is 41.5 Å². The molecule has 0 spiro atoms. The molecule has 0 nitrogen and oxygen atoms in total. The summed E-state index contributed by atoms with van der Waals surface area (Å²) >= 11 is 6.40. The molecule has 1 aliphatic carbocycles. The Hall–Kier alpha value is -1.79. The van der Waals surface area contributed by atoms with E-state index in [1.165, 1.54) is 22.3 Å². The largest absolute Gasteiger partial charge is 0.0955 e. The van der Waals surface area contributed by atoms with E-state index in [1.54, 1.807) is 0 Å². The Morgan fingerprint density at radius 2 is 1.90 bits per heavy atom. The highest BCUT2D eigenvalue weighted by Gasteiger charge is 2.22. The van der Waals surface area contributed by atoms with Crippen molar-refractivity contribution in [3.05, 3.63) is 82.9 Å². The average Bonchev–Trinajstić information content (AvgIpc) is 2.46.